The molecule has 22 heavy (non-hydrogen) atoms. The summed E-state index contributed by atoms with van der Waals surface area (Å²) in [6.07, 6.45) is 5.40. The van der Waals surface area contributed by atoms with Crippen molar-refractivity contribution in [2.24, 2.45) is 5.10 Å². The van der Waals surface area contributed by atoms with E-state index in [1.165, 1.54) is 4.90 Å². The van der Waals surface area contributed by atoms with E-state index < -0.39 is 0 Å². The zero-order valence-corrected chi connectivity index (χ0v) is 13.4. The quantitative estimate of drug-likeness (QED) is 0.549. The van der Waals surface area contributed by atoms with Crippen molar-refractivity contribution >= 4 is 18.0 Å². The summed E-state index contributed by atoms with van der Waals surface area (Å²) >= 11 is 1.72. The Hall–Kier alpha value is -2.41. The van der Waals surface area contributed by atoms with E-state index >= 15 is 0 Å². The zero-order valence-electron chi connectivity index (χ0n) is 12.6. The van der Waals surface area contributed by atoms with Crippen LogP contribution in [0.5, 0.6) is 0 Å². The maximum atomic E-state index is 4.42. The highest BCUT2D eigenvalue weighted by molar-refractivity contribution is 7.98. The first-order chi connectivity index (χ1) is 10.7. The van der Waals surface area contributed by atoms with E-state index in [-0.39, 0.29) is 0 Å². The van der Waals surface area contributed by atoms with Crippen LogP contribution in [0.4, 0.5) is 0 Å². The first kappa shape index (κ1) is 14.5. The van der Waals surface area contributed by atoms with Crippen LogP contribution in [-0.4, -0.2) is 37.1 Å². The molecule has 6 nitrogen and oxygen atoms in total. The van der Waals surface area contributed by atoms with Gasteiger partial charge >= 0.3 is 0 Å². The SMILES string of the molecule is CSc1ccc(/C=N\n2cnnc2-n2nc(C)cc2C)cc1. The Morgan fingerprint density at radius 3 is 2.59 bits per heavy atom. The lowest BCUT2D eigenvalue weighted by atomic mass is 10.2. The van der Waals surface area contributed by atoms with Crippen molar-refractivity contribution in [3.8, 4) is 5.95 Å². The second-order valence-electron chi connectivity index (χ2n) is 4.83. The van der Waals surface area contributed by atoms with Gasteiger partial charge in [-0.2, -0.15) is 14.9 Å². The molecule has 112 valence electrons. The molecule has 0 aliphatic heterocycles. The van der Waals surface area contributed by atoms with Gasteiger partial charge in [0.25, 0.3) is 5.95 Å². The Balaban J connectivity index is 1.88. The van der Waals surface area contributed by atoms with Crippen LogP contribution in [0.3, 0.4) is 0 Å². The van der Waals surface area contributed by atoms with Crippen LogP contribution in [-0.2, 0) is 0 Å². The zero-order chi connectivity index (χ0) is 15.5. The molecule has 2 aromatic heterocycles. The average Bonchev–Trinajstić information content (AvgIpc) is 3.11. The third kappa shape index (κ3) is 2.94. The van der Waals surface area contributed by atoms with Gasteiger partial charge in [0, 0.05) is 10.6 Å². The van der Waals surface area contributed by atoms with E-state index in [0.717, 1.165) is 17.0 Å². The number of thioether (sulfide) groups is 1. The van der Waals surface area contributed by atoms with Gasteiger partial charge in [-0.25, -0.2) is 4.68 Å². The highest BCUT2D eigenvalue weighted by Crippen LogP contribution is 2.14. The lowest BCUT2D eigenvalue weighted by Gasteiger charge is -2.02. The van der Waals surface area contributed by atoms with Gasteiger partial charge in [-0.05, 0) is 43.9 Å². The lowest BCUT2D eigenvalue weighted by molar-refractivity contribution is 0.717. The summed E-state index contributed by atoms with van der Waals surface area (Å²) in [5.74, 6) is 0.572. The molecule has 0 aliphatic carbocycles. The number of aromatic nitrogens is 5. The second kappa shape index (κ2) is 6.15. The van der Waals surface area contributed by atoms with Crippen molar-refractivity contribution in [2.75, 3.05) is 6.26 Å². The molecule has 0 amide bonds. The van der Waals surface area contributed by atoms with E-state index in [1.807, 2.05) is 32.0 Å². The molecule has 0 bridgehead atoms. The molecule has 3 rings (SSSR count). The first-order valence-electron chi connectivity index (χ1n) is 6.79. The molecule has 0 atom stereocenters. The number of benzene rings is 1. The van der Waals surface area contributed by atoms with E-state index in [0.29, 0.717) is 5.95 Å². The molecule has 2 heterocycles. The molecule has 7 heteroatoms. The van der Waals surface area contributed by atoms with Gasteiger partial charge in [-0.3, -0.25) is 0 Å². The monoisotopic (exact) mass is 312 g/mol. The fourth-order valence-corrected chi connectivity index (χ4v) is 2.50. The van der Waals surface area contributed by atoms with Gasteiger partial charge in [0.15, 0.2) is 0 Å². The van der Waals surface area contributed by atoms with Gasteiger partial charge in [-0.15, -0.1) is 22.0 Å². The number of nitrogens with zero attached hydrogens (tertiary/aromatic N) is 6. The standard InChI is InChI=1S/C15H16N6S/c1-11-8-12(2)21(19-11)15-18-16-10-20(15)17-9-13-4-6-14(22-3)7-5-13/h4-10H,1-3H3/b17-9-. The second-order valence-corrected chi connectivity index (χ2v) is 5.71. The number of aryl methyl sites for hydroxylation is 2. The Morgan fingerprint density at radius 1 is 1.18 bits per heavy atom. The van der Waals surface area contributed by atoms with Crippen molar-refractivity contribution in [1.82, 2.24) is 24.7 Å². The Bertz CT molecular complexity index is 800. The van der Waals surface area contributed by atoms with Crippen LogP contribution in [0.15, 0.2) is 46.7 Å². The van der Waals surface area contributed by atoms with Crippen LogP contribution >= 0.6 is 11.8 Å². The van der Waals surface area contributed by atoms with Gasteiger partial charge in [0.2, 0.25) is 0 Å². The normalized spacial score (nSPS) is 11.4. The predicted octanol–water partition coefficient (Wildman–Crippen LogP) is 2.68. The van der Waals surface area contributed by atoms with Crippen molar-refractivity contribution in [3.05, 3.63) is 53.6 Å². The van der Waals surface area contributed by atoms with Gasteiger partial charge in [-0.1, -0.05) is 12.1 Å². The molecule has 0 fully saturated rings. The molecule has 0 N–H and O–H groups in total. The minimum atomic E-state index is 0.572. The van der Waals surface area contributed by atoms with E-state index in [1.54, 1.807) is 33.7 Å². The number of hydrogen-bond acceptors (Lipinski definition) is 5. The van der Waals surface area contributed by atoms with Crippen molar-refractivity contribution < 1.29 is 0 Å². The summed E-state index contributed by atoms with van der Waals surface area (Å²) in [6, 6.07) is 10.2. The fraction of sp³-hybridized carbons (Fsp3) is 0.200. The maximum absolute atomic E-state index is 4.42. The first-order valence-corrected chi connectivity index (χ1v) is 8.02. The minimum Gasteiger partial charge on any atom is -0.202 e. The van der Waals surface area contributed by atoms with E-state index in [2.05, 4.69) is 38.8 Å². The molecule has 0 saturated heterocycles. The minimum absolute atomic E-state index is 0.572. The highest BCUT2D eigenvalue weighted by atomic mass is 32.2. The molecule has 3 aromatic rings. The van der Waals surface area contributed by atoms with Crippen LogP contribution < -0.4 is 0 Å². The lowest BCUT2D eigenvalue weighted by Crippen LogP contribution is -2.06. The maximum Gasteiger partial charge on any atom is 0.273 e. The highest BCUT2D eigenvalue weighted by Gasteiger charge is 2.10. The van der Waals surface area contributed by atoms with Gasteiger partial charge < -0.3 is 0 Å². The van der Waals surface area contributed by atoms with Crippen LogP contribution in [0.2, 0.25) is 0 Å². The van der Waals surface area contributed by atoms with Crippen molar-refractivity contribution in [3.63, 3.8) is 0 Å². The van der Waals surface area contributed by atoms with Crippen molar-refractivity contribution in [1.29, 1.82) is 0 Å². The number of hydrogen-bond donors (Lipinski definition) is 0. The summed E-state index contributed by atoms with van der Waals surface area (Å²) in [4.78, 5) is 1.23. The van der Waals surface area contributed by atoms with E-state index in [9.17, 15) is 0 Å². The molecule has 0 saturated carbocycles. The molecular weight excluding hydrogens is 296 g/mol. The van der Waals surface area contributed by atoms with Crippen LogP contribution in [0.1, 0.15) is 17.0 Å². The Kier molecular flexibility index (Phi) is 4.06. The largest absolute Gasteiger partial charge is 0.273 e. The van der Waals surface area contributed by atoms with Crippen molar-refractivity contribution in [2.45, 2.75) is 18.7 Å². The molecule has 0 spiro atoms. The smallest absolute Gasteiger partial charge is 0.202 e. The van der Waals surface area contributed by atoms with Gasteiger partial charge in [0.05, 0.1) is 11.9 Å². The number of rotatable bonds is 4. The van der Waals surface area contributed by atoms with E-state index in [4.69, 9.17) is 0 Å². The molecule has 0 aliphatic rings. The van der Waals surface area contributed by atoms with Crippen LogP contribution in [0, 0.1) is 13.8 Å². The summed E-state index contributed by atoms with van der Waals surface area (Å²) in [7, 11) is 0. The Labute approximate surface area is 132 Å². The summed E-state index contributed by atoms with van der Waals surface area (Å²) in [6.45, 7) is 3.92. The third-order valence-corrected chi connectivity index (χ3v) is 3.90. The topological polar surface area (TPSA) is 60.9 Å². The molecular formula is C15H16N6S. The predicted molar refractivity (Wildman–Crippen MR) is 87.8 cm³/mol. The summed E-state index contributed by atoms with van der Waals surface area (Å²) in [5, 5.41) is 16.8. The Morgan fingerprint density at radius 2 is 1.95 bits per heavy atom. The summed E-state index contributed by atoms with van der Waals surface area (Å²) in [5.41, 5.74) is 2.95. The molecule has 0 radical (unpaired) electrons. The average molecular weight is 312 g/mol. The van der Waals surface area contributed by atoms with Gasteiger partial charge in [0.1, 0.15) is 6.33 Å². The van der Waals surface area contributed by atoms with Crippen LogP contribution in [0.25, 0.3) is 5.95 Å². The fourth-order valence-electron chi connectivity index (χ4n) is 2.09. The molecule has 1 aromatic carbocycles. The molecule has 0 unspecified atom stereocenters. The third-order valence-electron chi connectivity index (χ3n) is 3.16. The summed E-state index contributed by atoms with van der Waals surface area (Å²) < 4.78 is 3.35.